The average Bonchev–Trinajstić information content (AvgIpc) is 2.49. The largest absolute Gasteiger partial charge is 0.304 e. The van der Waals surface area contributed by atoms with Gasteiger partial charge in [0.2, 0.25) is 0 Å². The zero-order valence-electron chi connectivity index (χ0n) is 12.1. The minimum absolute atomic E-state index is 0.151. The standard InChI is InChI=1S/C15H19FN4O/c1-18-5-7-19(8-6-18)9-10-20-11-17-14-12(15(20)21)3-2-4-13(14)16/h2-4,11H,5-10H2,1H3. The summed E-state index contributed by atoms with van der Waals surface area (Å²) in [5.41, 5.74) is -0.0213. The number of fused-ring (bicyclic) bond motifs is 1. The van der Waals surface area contributed by atoms with Crippen molar-refractivity contribution in [3.8, 4) is 0 Å². The molecule has 0 radical (unpaired) electrons. The van der Waals surface area contributed by atoms with E-state index in [1.807, 2.05) is 0 Å². The van der Waals surface area contributed by atoms with Crippen molar-refractivity contribution in [3.63, 3.8) is 0 Å². The third-order valence-corrected chi connectivity index (χ3v) is 4.06. The molecule has 0 N–H and O–H groups in total. The highest BCUT2D eigenvalue weighted by atomic mass is 19.1. The molecule has 1 saturated heterocycles. The van der Waals surface area contributed by atoms with Gasteiger partial charge in [0.25, 0.3) is 5.56 Å². The summed E-state index contributed by atoms with van der Waals surface area (Å²) in [6.45, 7) is 5.53. The number of aromatic nitrogens is 2. The van der Waals surface area contributed by atoms with Crippen LogP contribution in [-0.4, -0.2) is 59.1 Å². The molecule has 1 aliphatic rings. The Morgan fingerprint density at radius 2 is 1.95 bits per heavy atom. The maximum atomic E-state index is 13.6. The summed E-state index contributed by atoms with van der Waals surface area (Å²) in [7, 11) is 2.11. The van der Waals surface area contributed by atoms with Crippen LogP contribution in [0.4, 0.5) is 4.39 Å². The number of rotatable bonds is 3. The quantitative estimate of drug-likeness (QED) is 0.838. The normalized spacial score (nSPS) is 17.4. The van der Waals surface area contributed by atoms with Crippen LogP contribution in [0.2, 0.25) is 0 Å². The Bertz CT molecular complexity index is 692. The summed E-state index contributed by atoms with van der Waals surface area (Å²) < 4.78 is 15.2. The summed E-state index contributed by atoms with van der Waals surface area (Å²) >= 11 is 0. The van der Waals surface area contributed by atoms with Gasteiger partial charge < -0.3 is 4.90 Å². The predicted octanol–water partition coefficient (Wildman–Crippen LogP) is 0.783. The van der Waals surface area contributed by atoms with E-state index in [4.69, 9.17) is 0 Å². The third kappa shape index (κ3) is 2.96. The first-order valence-corrected chi connectivity index (χ1v) is 7.20. The van der Waals surface area contributed by atoms with Crippen molar-refractivity contribution in [1.29, 1.82) is 0 Å². The molecule has 0 unspecified atom stereocenters. The Balaban J connectivity index is 1.76. The van der Waals surface area contributed by atoms with Gasteiger partial charge >= 0.3 is 0 Å². The van der Waals surface area contributed by atoms with E-state index < -0.39 is 5.82 Å². The van der Waals surface area contributed by atoms with Crippen LogP contribution in [0, 0.1) is 5.82 Å². The number of hydrogen-bond donors (Lipinski definition) is 0. The van der Waals surface area contributed by atoms with E-state index in [2.05, 4.69) is 21.8 Å². The minimum atomic E-state index is -0.448. The number of halogens is 1. The van der Waals surface area contributed by atoms with E-state index in [1.165, 1.54) is 12.4 Å². The smallest absolute Gasteiger partial charge is 0.261 e. The third-order valence-electron chi connectivity index (χ3n) is 4.06. The minimum Gasteiger partial charge on any atom is -0.304 e. The summed E-state index contributed by atoms with van der Waals surface area (Å²) in [4.78, 5) is 21.0. The van der Waals surface area contributed by atoms with Crippen molar-refractivity contribution in [2.45, 2.75) is 6.54 Å². The first kappa shape index (κ1) is 14.2. The molecule has 0 atom stereocenters. The molecule has 0 spiro atoms. The van der Waals surface area contributed by atoms with Crippen molar-refractivity contribution in [2.24, 2.45) is 0 Å². The van der Waals surface area contributed by atoms with Crippen molar-refractivity contribution < 1.29 is 4.39 Å². The van der Waals surface area contributed by atoms with Gasteiger partial charge in [-0.25, -0.2) is 9.37 Å². The van der Waals surface area contributed by atoms with E-state index in [1.54, 1.807) is 16.7 Å². The van der Waals surface area contributed by atoms with Crippen LogP contribution in [0.1, 0.15) is 0 Å². The highest BCUT2D eigenvalue weighted by Crippen LogP contribution is 2.10. The molecule has 6 heteroatoms. The number of piperazine rings is 1. The first-order valence-electron chi connectivity index (χ1n) is 7.20. The maximum Gasteiger partial charge on any atom is 0.261 e. The van der Waals surface area contributed by atoms with Crippen molar-refractivity contribution in [2.75, 3.05) is 39.8 Å². The van der Waals surface area contributed by atoms with E-state index in [-0.39, 0.29) is 11.1 Å². The number of likely N-dealkylation sites (N-methyl/N-ethyl adjacent to an activating group) is 1. The van der Waals surface area contributed by atoms with Gasteiger partial charge in [-0.3, -0.25) is 14.3 Å². The van der Waals surface area contributed by atoms with E-state index in [0.717, 1.165) is 32.7 Å². The van der Waals surface area contributed by atoms with Gasteiger partial charge in [0.1, 0.15) is 11.3 Å². The van der Waals surface area contributed by atoms with Crippen molar-refractivity contribution in [1.82, 2.24) is 19.4 Å². The van der Waals surface area contributed by atoms with Crippen LogP contribution in [0.25, 0.3) is 10.9 Å². The lowest BCUT2D eigenvalue weighted by Gasteiger charge is -2.32. The Labute approximate surface area is 122 Å². The fourth-order valence-corrected chi connectivity index (χ4v) is 2.63. The Hall–Kier alpha value is -1.79. The molecule has 0 amide bonds. The molecule has 0 saturated carbocycles. The summed E-state index contributed by atoms with van der Waals surface area (Å²) in [6, 6.07) is 4.50. The lowest BCUT2D eigenvalue weighted by atomic mass is 10.2. The van der Waals surface area contributed by atoms with Crippen molar-refractivity contribution in [3.05, 3.63) is 40.7 Å². The van der Waals surface area contributed by atoms with Gasteiger partial charge in [0, 0.05) is 39.3 Å². The summed E-state index contributed by atoms with van der Waals surface area (Å²) in [5, 5.41) is 0.343. The molecule has 112 valence electrons. The van der Waals surface area contributed by atoms with Crippen LogP contribution >= 0.6 is 0 Å². The lowest BCUT2D eigenvalue weighted by Crippen LogP contribution is -2.45. The average molecular weight is 290 g/mol. The molecule has 1 fully saturated rings. The zero-order valence-corrected chi connectivity index (χ0v) is 12.1. The van der Waals surface area contributed by atoms with Gasteiger partial charge in [-0.1, -0.05) is 6.07 Å². The first-order chi connectivity index (χ1) is 10.1. The maximum absolute atomic E-state index is 13.6. The zero-order chi connectivity index (χ0) is 14.8. The Morgan fingerprint density at radius 3 is 2.71 bits per heavy atom. The lowest BCUT2D eigenvalue weighted by molar-refractivity contribution is 0.149. The van der Waals surface area contributed by atoms with Gasteiger partial charge in [0.15, 0.2) is 0 Å². The number of nitrogens with zero attached hydrogens (tertiary/aromatic N) is 4. The fraction of sp³-hybridized carbons (Fsp3) is 0.467. The molecule has 2 heterocycles. The SMILES string of the molecule is CN1CCN(CCn2cnc3c(F)cccc3c2=O)CC1. The fourth-order valence-electron chi connectivity index (χ4n) is 2.63. The topological polar surface area (TPSA) is 41.4 Å². The number of hydrogen-bond acceptors (Lipinski definition) is 4. The van der Waals surface area contributed by atoms with Gasteiger partial charge in [-0.05, 0) is 19.2 Å². The monoisotopic (exact) mass is 290 g/mol. The molecule has 3 rings (SSSR count). The molecule has 2 aromatic rings. The molecule has 5 nitrogen and oxygen atoms in total. The molecule has 21 heavy (non-hydrogen) atoms. The number of para-hydroxylation sites is 1. The van der Waals surface area contributed by atoms with E-state index in [0.29, 0.717) is 11.9 Å². The Morgan fingerprint density at radius 1 is 1.19 bits per heavy atom. The number of benzene rings is 1. The molecular weight excluding hydrogens is 271 g/mol. The van der Waals surface area contributed by atoms with E-state index in [9.17, 15) is 9.18 Å². The molecule has 0 aliphatic carbocycles. The van der Waals surface area contributed by atoms with Gasteiger partial charge in [0.05, 0.1) is 11.7 Å². The predicted molar refractivity (Wildman–Crippen MR) is 79.9 cm³/mol. The van der Waals surface area contributed by atoms with Gasteiger partial charge in [-0.15, -0.1) is 0 Å². The second kappa shape index (κ2) is 5.91. The summed E-state index contributed by atoms with van der Waals surface area (Å²) in [5.74, 6) is -0.448. The van der Waals surface area contributed by atoms with Crippen LogP contribution in [0.3, 0.4) is 0 Å². The van der Waals surface area contributed by atoms with Crippen LogP contribution in [-0.2, 0) is 6.54 Å². The molecular formula is C15H19FN4O. The molecule has 1 aliphatic heterocycles. The van der Waals surface area contributed by atoms with Crippen LogP contribution < -0.4 is 5.56 Å². The van der Waals surface area contributed by atoms with Gasteiger partial charge in [-0.2, -0.15) is 0 Å². The van der Waals surface area contributed by atoms with Crippen molar-refractivity contribution >= 4 is 10.9 Å². The molecule has 1 aromatic heterocycles. The van der Waals surface area contributed by atoms with E-state index >= 15 is 0 Å². The van der Waals surface area contributed by atoms with Crippen LogP contribution in [0.15, 0.2) is 29.3 Å². The highest BCUT2D eigenvalue weighted by molar-refractivity contribution is 5.77. The van der Waals surface area contributed by atoms with Crippen LogP contribution in [0.5, 0.6) is 0 Å². The second-order valence-electron chi connectivity index (χ2n) is 5.52. The molecule has 0 bridgehead atoms. The highest BCUT2D eigenvalue weighted by Gasteiger charge is 2.14. The Kier molecular flexibility index (Phi) is 3.98. The summed E-state index contributed by atoms with van der Waals surface area (Å²) in [6.07, 6.45) is 1.45. The second-order valence-corrected chi connectivity index (χ2v) is 5.52. The molecule has 1 aromatic carbocycles.